The molecule has 2 aromatic carbocycles. The molecule has 3 heterocycles. The van der Waals surface area contributed by atoms with Crippen LogP contribution in [0.1, 0.15) is 28.4 Å². The van der Waals surface area contributed by atoms with Crippen molar-refractivity contribution in [2.24, 2.45) is 0 Å². The van der Waals surface area contributed by atoms with E-state index in [1.54, 1.807) is 22.8 Å². The Labute approximate surface area is 196 Å². The number of nitrogen functional groups attached to an aromatic ring is 1. The maximum absolute atomic E-state index is 13.6. The second kappa shape index (κ2) is 7.74. The molecule has 0 bridgehead atoms. The number of rotatable bonds is 3. The summed E-state index contributed by atoms with van der Waals surface area (Å²) in [6.45, 7) is 1.96. The van der Waals surface area contributed by atoms with E-state index in [-0.39, 0.29) is 15.6 Å². The molecule has 4 aromatic rings. The largest absolute Gasteiger partial charge is 0.383 e. The Morgan fingerprint density at radius 2 is 1.94 bits per heavy atom. The molecule has 0 radical (unpaired) electrons. The minimum Gasteiger partial charge on any atom is -0.383 e. The topological polar surface area (TPSA) is 102 Å². The first-order valence-electron chi connectivity index (χ1n) is 9.54. The van der Waals surface area contributed by atoms with Crippen molar-refractivity contribution in [3.05, 3.63) is 81.6 Å². The summed E-state index contributed by atoms with van der Waals surface area (Å²) in [5.41, 5.74) is 11.3. The van der Waals surface area contributed by atoms with Crippen LogP contribution in [0.5, 0.6) is 0 Å². The zero-order chi connectivity index (χ0) is 21.7. The van der Waals surface area contributed by atoms with Gasteiger partial charge in [0.1, 0.15) is 28.1 Å². The quantitative estimate of drug-likeness (QED) is 0.228. The number of para-hydroxylation sites is 1. The standard InChI is InChI=1S/C21H17ClIN7O/c1-11(30-20-16(17(23)28-30)18(24)25-10-26-20)19-27-14-9-5-8-13(22)15(14)21(31)29(19)12-6-3-2-4-7-12/h2-11,17,28H,1H3,(H2,24,25,26)/t11-,17+/m0/s1. The van der Waals surface area contributed by atoms with Crippen LogP contribution in [0.4, 0.5) is 11.6 Å². The summed E-state index contributed by atoms with van der Waals surface area (Å²) in [5, 5.41) is 2.63. The van der Waals surface area contributed by atoms with E-state index in [1.165, 1.54) is 6.33 Å². The van der Waals surface area contributed by atoms with E-state index in [0.29, 0.717) is 39.1 Å². The van der Waals surface area contributed by atoms with Crippen molar-refractivity contribution in [1.82, 2.24) is 24.9 Å². The average Bonchev–Trinajstić information content (AvgIpc) is 3.11. The smallest absolute Gasteiger partial charge is 0.267 e. The van der Waals surface area contributed by atoms with Crippen LogP contribution >= 0.6 is 34.2 Å². The van der Waals surface area contributed by atoms with Crippen molar-refractivity contribution < 1.29 is 0 Å². The van der Waals surface area contributed by atoms with Gasteiger partial charge in [0.2, 0.25) is 0 Å². The van der Waals surface area contributed by atoms with Gasteiger partial charge < -0.3 is 5.73 Å². The van der Waals surface area contributed by atoms with Gasteiger partial charge in [-0.1, -0.05) is 58.5 Å². The molecule has 1 aliphatic heterocycles. The van der Waals surface area contributed by atoms with Gasteiger partial charge in [-0.2, -0.15) is 0 Å². The highest BCUT2D eigenvalue weighted by Crippen LogP contribution is 2.41. The Hall–Kier alpha value is -2.76. The van der Waals surface area contributed by atoms with Crippen LogP contribution in [0.15, 0.2) is 59.7 Å². The number of alkyl halides is 1. The van der Waals surface area contributed by atoms with Gasteiger partial charge in [-0.25, -0.2) is 20.4 Å². The van der Waals surface area contributed by atoms with Crippen LogP contribution in [0.3, 0.4) is 0 Å². The Morgan fingerprint density at radius 3 is 2.71 bits per heavy atom. The van der Waals surface area contributed by atoms with E-state index in [4.69, 9.17) is 22.3 Å². The van der Waals surface area contributed by atoms with E-state index in [1.807, 2.05) is 42.3 Å². The Morgan fingerprint density at radius 1 is 1.16 bits per heavy atom. The van der Waals surface area contributed by atoms with Crippen LogP contribution in [0.25, 0.3) is 16.6 Å². The first kappa shape index (κ1) is 20.2. The number of anilines is 2. The highest BCUT2D eigenvalue weighted by molar-refractivity contribution is 14.1. The predicted octanol–water partition coefficient (Wildman–Crippen LogP) is 3.93. The number of nitrogens with zero attached hydrogens (tertiary/aromatic N) is 5. The fraction of sp³-hybridized carbons (Fsp3) is 0.143. The molecule has 31 heavy (non-hydrogen) atoms. The molecule has 1 aliphatic rings. The van der Waals surface area contributed by atoms with Crippen molar-refractivity contribution in [2.45, 2.75) is 17.0 Å². The number of hydrazine groups is 1. The molecule has 0 fully saturated rings. The molecule has 0 spiro atoms. The molecule has 3 N–H and O–H groups in total. The number of benzene rings is 2. The summed E-state index contributed by atoms with van der Waals surface area (Å²) in [7, 11) is 0. The lowest BCUT2D eigenvalue weighted by molar-refractivity contribution is 0.548. The van der Waals surface area contributed by atoms with Crippen LogP contribution in [-0.2, 0) is 0 Å². The summed E-state index contributed by atoms with van der Waals surface area (Å²) >= 11 is 8.62. The van der Waals surface area contributed by atoms with E-state index in [9.17, 15) is 4.79 Å². The van der Waals surface area contributed by atoms with Crippen molar-refractivity contribution in [1.29, 1.82) is 0 Å². The van der Waals surface area contributed by atoms with Gasteiger partial charge in [-0.15, -0.1) is 0 Å². The van der Waals surface area contributed by atoms with E-state index in [0.717, 1.165) is 5.56 Å². The molecule has 0 saturated carbocycles. The van der Waals surface area contributed by atoms with Crippen molar-refractivity contribution in [2.75, 3.05) is 10.7 Å². The number of hydrogen-bond acceptors (Lipinski definition) is 7. The summed E-state index contributed by atoms with van der Waals surface area (Å²) in [5.74, 6) is 1.64. The van der Waals surface area contributed by atoms with Crippen LogP contribution in [-0.4, -0.2) is 19.5 Å². The van der Waals surface area contributed by atoms with E-state index >= 15 is 0 Å². The second-order valence-corrected chi connectivity index (χ2v) is 8.77. The summed E-state index contributed by atoms with van der Waals surface area (Å²) in [6, 6.07) is 14.3. The van der Waals surface area contributed by atoms with Crippen LogP contribution in [0, 0.1) is 0 Å². The molecule has 8 nitrogen and oxygen atoms in total. The second-order valence-electron chi connectivity index (χ2n) is 7.11. The third kappa shape index (κ3) is 3.24. The molecule has 0 amide bonds. The predicted molar refractivity (Wildman–Crippen MR) is 130 cm³/mol. The average molecular weight is 546 g/mol. The maximum Gasteiger partial charge on any atom is 0.267 e. The molecule has 0 unspecified atom stereocenters. The fourth-order valence-corrected chi connectivity index (χ4v) is 4.95. The normalized spacial score (nSPS) is 16.5. The number of aromatic nitrogens is 4. The first-order chi connectivity index (χ1) is 15.0. The highest BCUT2D eigenvalue weighted by atomic mass is 127. The minimum absolute atomic E-state index is 0.108. The number of hydrogen-bond donors (Lipinski definition) is 2. The van der Waals surface area contributed by atoms with Crippen LogP contribution in [0.2, 0.25) is 5.02 Å². The van der Waals surface area contributed by atoms with Gasteiger partial charge in [0.15, 0.2) is 5.82 Å². The Balaban J connectivity index is 1.76. The Bertz CT molecular complexity index is 1360. The molecule has 0 saturated heterocycles. The SMILES string of the molecule is C[C@@H](c1nc2cccc(Cl)c2c(=O)n1-c1ccccc1)N1N[C@@H](I)c2c(N)ncnc21. The van der Waals surface area contributed by atoms with Crippen LogP contribution < -0.4 is 21.7 Å². The zero-order valence-corrected chi connectivity index (χ0v) is 19.2. The summed E-state index contributed by atoms with van der Waals surface area (Å²) < 4.78 is 1.49. The Kier molecular flexibility index (Phi) is 5.03. The van der Waals surface area contributed by atoms with Gasteiger partial charge in [-0.05, 0) is 31.2 Å². The van der Waals surface area contributed by atoms with E-state index < -0.39 is 0 Å². The van der Waals surface area contributed by atoms with Gasteiger partial charge in [-0.3, -0.25) is 14.4 Å². The first-order valence-corrected chi connectivity index (χ1v) is 11.2. The number of halogens is 2. The molecule has 156 valence electrons. The third-order valence-corrected chi connectivity index (χ3v) is 6.49. The van der Waals surface area contributed by atoms with Gasteiger partial charge in [0.25, 0.3) is 5.56 Å². The molecule has 10 heteroatoms. The molecular formula is C21H17ClIN7O. The molecule has 2 atom stereocenters. The molecule has 5 rings (SSSR count). The lowest BCUT2D eigenvalue weighted by Gasteiger charge is -2.28. The van der Waals surface area contributed by atoms with E-state index in [2.05, 4.69) is 38.0 Å². The minimum atomic E-state index is -0.357. The lowest BCUT2D eigenvalue weighted by atomic mass is 10.2. The van der Waals surface area contributed by atoms with Crippen molar-refractivity contribution in [3.8, 4) is 5.69 Å². The number of fused-ring (bicyclic) bond motifs is 2. The summed E-state index contributed by atoms with van der Waals surface area (Å²) in [4.78, 5) is 27.0. The monoisotopic (exact) mass is 545 g/mol. The number of nitrogens with one attached hydrogen (secondary N) is 1. The maximum atomic E-state index is 13.6. The zero-order valence-electron chi connectivity index (χ0n) is 16.3. The molecule has 0 aliphatic carbocycles. The number of nitrogens with two attached hydrogens (primary N) is 1. The van der Waals surface area contributed by atoms with Gasteiger partial charge in [0, 0.05) is 0 Å². The fourth-order valence-electron chi connectivity index (χ4n) is 3.81. The third-order valence-electron chi connectivity index (χ3n) is 5.28. The highest BCUT2D eigenvalue weighted by Gasteiger charge is 2.35. The van der Waals surface area contributed by atoms with Crippen molar-refractivity contribution >= 4 is 56.7 Å². The van der Waals surface area contributed by atoms with Gasteiger partial charge >= 0.3 is 0 Å². The lowest BCUT2D eigenvalue weighted by Crippen LogP contribution is -2.39. The summed E-state index contributed by atoms with van der Waals surface area (Å²) in [6.07, 6.45) is 1.43. The molecule has 2 aromatic heterocycles. The molecular weight excluding hydrogens is 529 g/mol. The van der Waals surface area contributed by atoms with Gasteiger partial charge in [0.05, 0.1) is 27.2 Å². The van der Waals surface area contributed by atoms with Crippen molar-refractivity contribution in [3.63, 3.8) is 0 Å².